The highest BCUT2D eigenvalue weighted by Crippen LogP contribution is 2.17. The number of halogens is 1. The molecule has 4 rings (SSSR count). The predicted molar refractivity (Wildman–Crippen MR) is 139 cm³/mol. The number of urea groups is 1. The van der Waals surface area contributed by atoms with E-state index >= 15 is 0 Å². The van der Waals surface area contributed by atoms with E-state index in [9.17, 15) is 9.59 Å². The molecular formula is C26H30ClN5O4. The average molecular weight is 512 g/mol. The lowest BCUT2D eigenvalue weighted by molar-refractivity contribution is 0.0202. The van der Waals surface area contributed by atoms with Crippen LogP contribution >= 0.6 is 11.6 Å². The standard InChI is InChI=1S/C26H30ClN5O4/c1-31(25(33)29-16-21-8-4-5-9-23(21)27)22(17-32-10-12-35-13-11-32)18-36-26(34)30-24-14-19-6-2-3-7-20(19)15-28-24/h2-9,14-15,22H,10-13,16-18H2,1H3,(H,29,33)(H,28,30,34)/t22-/m0/s1. The number of morpholine rings is 1. The third kappa shape index (κ3) is 7.07. The number of aromatic nitrogens is 1. The smallest absolute Gasteiger partial charge is 0.412 e. The van der Waals surface area contributed by atoms with Crippen LogP contribution in [0.4, 0.5) is 15.4 Å². The van der Waals surface area contributed by atoms with E-state index in [2.05, 4.69) is 20.5 Å². The Balaban J connectivity index is 1.36. The Bertz CT molecular complexity index is 1190. The number of hydrogen-bond donors (Lipinski definition) is 2. The van der Waals surface area contributed by atoms with Gasteiger partial charge in [0.1, 0.15) is 12.4 Å². The Morgan fingerprint density at radius 2 is 1.86 bits per heavy atom. The fourth-order valence-corrected chi connectivity index (χ4v) is 4.14. The van der Waals surface area contributed by atoms with E-state index in [1.807, 2.05) is 42.5 Å². The van der Waals surface area contributed by atoms with Crippen LogP contribution in [0.5, 0.6) is 0 Å². The van der Waals surface area contributed by atoms with Gasteiger partial charge in [0.2, 0.25) is 0 Å². The van der Waals surface area contributed by atoms with E-state index in [-0.39, 0.29) is 18.7 Å². The molecule has 1 aliphatic heterocycles. The molecular weight excluding hydrogens is 482 g/mol. The van der Waals surface area contributed by atoms with E-state index in [1.54, 1.807) is 30.3 Å². The zero-order chi connectivity index (χ0) is 25.3. The SMILES string of the molecule is CN(C(=O)NCc1ccccc1Cl)[C@H](COC(=O)Nc1cc2ccccc2cn1)CN1CCOCC1. The van der Waals surface area contributed by atoms with Crippen LogP contribution in [0.3, 0.4) is 0 Å². The molecule has 1 aromatic heterocycles. The Morgan fingerprint density at radius 3 is 2.64 bits per heavy atom. The summed E-state index contributed by atoms with van der Waals surface area (Å²) in [6.07, 6.45) is 1.07. The third-order valence-corrected chi connectivity index (χ3v) is 6.47. The molecule has 0 radical (unpaired) electrons. The van der Waals surface area contributed by atoms with Gasteiger partial charge in [-0.15, -0.1) is 0 Å². The Morgan fingerprint density at radius 1 is 1.14 bits per heavy atom. The summed E-state index contributed by atoms with van der Waals surface area (Å²) in [6.45, 7) is 3.61. The van der Waals surface area contributed by atoms with Gasteiger partial charge in [0.05, 0.1) is 19.3 Å². The van der Waals surface area contributed by atoms with Crippen molar-refractivity contribution >= 4 is 40.3 Å². The average Bonchev–Trinajstić information content (AvgIpc) is 2.90. The molecule has 9 nitrogen and oxygen atoms in total. The molecule has 10 heteroatoms. The summed E-state index contributed by atoms with van der Waals surface area (Å²) in [6, 6.07) is 16.2. The van der Waals surface area contributed by atoms with Crippen molar-refractivity contribution in [3.05, 3.63) is 71.4 Å². The lowest BCUT2D eigenvalue weighted by Crippen LogP contribution is -2.52. The lowest BCUT2D eigenvalue weighted by Gasteiger charge is -2.34. The second kappa shape index (κ2) is 12.5. The molecule has 0 aliphatic carbocycles. The number of likely N-dealkylation sites (N-methyl/N-ethyl adjacent to an activating group) is 1. The van der Waals surface area contributed by atoms with E-state index in [4.69, 9.17) is 21.1 Å². The highest BCUT2D eigenvalue weighted by atomic mass is 35.5. The zero-order valence-electron chi connectivity index (χ0n) is 20.2. The molecule has 0 bridgehead atoms. The van der Waals surface area contributed by atoms with Gasteiger partial charge in [-0.3, -0.25) is 10.2 Å². The van der Waals surface area contributed by atoms with Crippen molar-refractivity contribution in [2.45, 2.75) is 12.6 Å². The van der Waals surface area contributed by atoms with Gasteiger partial charge in [0.15, 0.2) is 0 Å². The molecule has 190 valence electrons. The Kier molecular flexibility index (Phi) is 8.94. The van der Waals surface area contributed by atoms with Crippen LogP contribution in [0.25, 0.3) is 10.8 Å². The fourth-order valence-electron chi connectivity index (χ4n) is 3.94. The molecule has 1 atom stereocenters. The van der Waals surface area contributed by atoms with Gasteiger partial charge in [-0.25, -0.2) is 14.6 Å². The highest BCUT2D eigenvalue weighted by molar-refractivity contribution is 6.31. The number of pyridine rings is 1. The summed E-state index contributed by atoms with van der Waals surface area (Å²) >= 11 is 6.21. The van der Waals surface area contributed by atoms with Crippen LogP contribution in [0.2, 0.25) is 5.02 Å². The van der Waals surface area contributed by atoms with Crippen LogP contribution in [-0.4, -0.2) is 79.5 Å². The molecule has 3 aromatic rings. The summed E-state index contributed by atoms with van der Waals surface area (Å²) in [5.74, 6) is 0.397. The first-order valence-corrected chi connectivity index (χ1v) is 12.2. The monoisotopic (exact) mass is 511 g/mol. The molecule has 2 aromatic carbocycles. The molecule has 2 N–H and O–H groups in total. The largest absolute Gasteiger partial charge is 0.447 e. The van der Waals surface area contributed by atoms with Crippen molar-refractivity contribution in [1.82, 2.24) is 20.1 Å². The van der Waals surface area contributed by atoms with Crippen molar-refractivity contribution in [1.29, 1.82) is 0 Å². The molecule has 0 unspecified atom stereocenters. The number of hydrogen-bond acceptors (Lipinski definition) is 6. The topological polar surface area (TPSA) is 96.0 Å². The molecule has 36 heavy (non-hydrogen) atoms. The van der Waals surface area contributed by atoms with Crippen molar-refractivity contribution in [2.24, 2.45) is 0 Å². The van der Waals surface area contributed by atoms with Crippen LogP contribution in [0.15, 0.2) is 60.8 Å². The van der Waals surface area contributed by atoms with Crippen molar-refractivity contribution in [2.75, 3.05) is 51.8 Å². The lowest BCUT2D eigenvalue weighted by atomic mass is 10.2. The van der Waals surface area contributed by atoms with Crippen LogP contribution < -0.4 is 10.6 Å². The molecule has 3 amide bonds. The molecule has 2 heterocycles. The van der Waals surface area contributed by atoms with Crippen molar-refractivity contribution in [3.63, 3.8) is 0 Å². The fraction of sp³-hybridized carbons (Fsp3) is 0.346. The quantitative estimate of drug-likeness (QED) is 0.475. The second-order valence-electron chi connectivity index (χ2n) is 8.57. The number of carbonyl (C=O) groups is 2. The predicted octanol–water partition coefficient (Wildman–Crippen LogP) is 3.98. The van der Waals surface area contributed by atoms with Crippen LogP contribution in [0.1, 0.15) is 5.56 Å². The maximum atomic E-state index is 12.9. The molecule has 0 spiro atoms. The number of anilines is 1. The summed E-state index contributed by atoms with van der Waals surface area (Å²) in [5, 5.41) is 8.10. The minimum Gasteiger partial charge on any atom is -0.447 e. The van der Waals surface area contributed by atoms with Crippen molar-refractivity contribution < 1.29 is 19.1 Å². The van der Waals surface area contributed by atoms with E-state index in [0.717, 1.165) is 29.4 Å². The molecule has 1 aliphatic rings. The number of amides is 3. The first-order chi connectivity index (χ1) is 17.5. The number of nitrogens with one attached hydrogen (secondary N) is 2. The van der Waals surface area contributed by atoms with Gasteiger partial charge in [0, 0.05) is 49.8 Å². The van der Waals surface area contributed by atoms with Gasteiger partial charge in [-0.2, -0.15) is 0 Å². The second-order valence-corrected chi connectivity index (χ2v) is 8.98. The number of nitrogens with zero attached hydrogens (tertiary/aromatic N) is 3. The Hall–Kier alpha value is -3.40. The van der Waals surface area contributed by atoms with Crippen LogP contribution in [-0.2, 0) is 16.0 Å². The number of benzene rings is 2. The van der Waals surface area contributed by atoms with Crippen LogP contribution in [0, 0.1) is 0 Å². The summed E-state index contributed by atoms with van der Waals surface area (Å²) in [5.41, 5.74) is 0.823. The molecule has 0 saturated carbocycles. The number of rotatable bonds is 8. The van der Waals surface area contributed by atoms with Crippen molar-refractivity contribution in [3.8, 4) is 0 Å². The zero-order valence-corrected chi connectivity index (χ0v) is 20.9. The van der Waals surface area contributed by atoms with E-state index < -0.39 is 6.09 Å². The van der Waals surface area contributed by atoms with Gasteiger partial charge < -0.3 is 19.7 Å². The molecule has 1 fully saturated rings. The van der Waals surface area contributed by atoms with Gasteiger partial charge in [-0.05, 0) is 23.1 Å². The molecule has 1 saturated heterocycles. The number of ether oxygens (including phenoxy) is 2. The maximum Gasteiger partial charge on any atom is 0.412 e. The van der Waals surface area contributed by atoms with Gasteiger partial charge >= 0.3 is 12.1 Å². The third-order valence-electron chi connectivity index (χ3n) is 6.10. The summed E-state index contributed by atoms with van der Waals surface area (Å²) < 4.78 is 11.0. The number of carbonyl (C=O) groups excluding carboxylic acids is 2. The first kappa shape index (κ1) is 25.7. The van der Waals surface area contributed by atoms with E-state index in [1.165, 1.54) is 0 Å². The highest BCUT2D eigenvalue weighted by Gasteiger charge is 2.25. The summed E-state index contributed by atoms with van der Waals surface area (Å²) in [4.78, 5) is 33.5. The van der Waals surface area contributed by atoms with E-state index in [0.29, 0.717) is 37.1 Å². The minimum atomic E-state index is -0.630. The Labute approximate surface area is 215 Å². The first-order valence-electron chi connectivity index (χ1n) is 11.8. The number of fused-ring (bicyclic) bond motifs is 1. The summed E-state index contributed by atoms with van der Waals surface area (Å²) in [7, 11) is 1.69. The maximum absolute atomic E-state index is 12.9. The van der Waals surface area contributed by atoms with Gasteiger partial charge in [0.25, 0.3) is 0 Å². The normalized spacial score (nSPS) is 14.7. The van der Waals surface area contributed by atoms with Gasteiger partial charge in [-0.1, -0.05) is 54.1 Å². The minimum absolute atomic E-state index is 0.0206.